The first kappa shape index (κ1) is 14.1. The van der Waals surface area contributed by atoms with Crippen molar-refractivity contribution in [1.82, 2.24) is 4.98 Å². The Balaban J connectivity index is 2.40. The smallest absolute Gasteiger partial charge is 0.481 e. The van der Waals surface area contributed by atoms with Crippen LogP contribution in [0.3, 0.4) is 0 Å². The van der Waals surface area contributed by atoms with Gasteiger partial charge in [-0.2, -0.15) is 0 Å². The van der Waals surface area contributed by atoms with E-state index in [0.29, 0.717) is 5.88 Å². The molecule has 1 aliphatic rings. The van der Waals surface area contributed by atoms with Crippen LogP contribution in [0.25, 0.3) is 6.08 Å². The Hall–Kier alpha value is -1.33. The molecule has 1 aliphatic heterocycles. The first-order valence-electron chi connectivity index (χ1n) is 6.33. The van der Waals surface area contributed by atoms with Crippen molar-refractivity contribution >= 4 is 18.7 Å². The van der Waals surface area contributed by atoms with E-state index in [1.54, 1.807) is 19.4 Å². The molecule has 0 radical (unpaired) electrons. The zero-order chi connectivity index (χ0) is 14.3. The van der Waals surface area contributed by atoms with Crippen LogP contribution in [-0.2, 0) is 9.31 Å². The van der Waals surface area contributed by atoms with Gasteiger partial charge in [0.25, 0.3) is 0 Å². The summed E-state index contributed by atoms with van der Waals surface area (Å²) in [6.45, 7) is 11.8. The second-order valence-electron chi connectivity index (χ2n) is 5.66. The molecule has 2 heterocycles. The van der Waals surface area contributed by atoms with Crippen molar-refractivity contribution in [2.24, 2.45) is 0 Å². The lowest BCUT2D eigenvalue weighted by atomic mass is 9.79. The van der Waals surface area contributed by atoms with Crippen LogP contribution in [0, 0.1) is 0 Å². The summed E-state index contributed by atoms with van der Waals surface area (Å²) in [5, 5.41) is 0. The summed E-state index contributed by atoms with van der Waals surface area (Å²) in [5.74, 6) is 0.518. The number of methoxy groups -OCH3 is 1. The van der Waals surface area contributed by atoms with Crippen LogP contribution in [0.15, 0.2) is 18.8 Å². The van der Waals surface area contributed by atoms with Crippen molar-refractivity contribution in [2.45, 2.75) is 38.9 Å². The molecule has 0 N–H and O–H groups in total. The van der Waals surface area contributed by atoms with Crippen LogP contribution in [0.4, 0.5) is 0 Å². The van der Waals surface area contributed by atoms with Crippen molar-refractivity contribution in [2.75, 3.05) is 7.11 Å². The molecule has 4 nitrogen and oxygen atoms in total. The van der Waals surface area contributed by atoms with E-state index >= 15 is 0 Å². The van der Waals surface area contributed by atoms with Crippen LogP contribution in [-0.4, -0.2) is 30.4 Å². The largest absolute Gasteiger partial charge is 0.500 e. The van der Waals surface area contributed by atoms with E-state index in [2.05, 4.69) is 11.6 Å². The number of ether oxygens (including phenoxy) is 1. The minimum Gasteiger partial charge on any atom is -0.481 e. The van der Waals surface area contributed by atoms with Crippen LogP contribution in [0.1, 0.15) is 33.3 Å². The minimum atomic E-state index is -0.479. The Labute approximate surface area is 114 Å². The maximum absolute atomic E-state index is 6.02. The summed E-state index contributed by atoms with van der Waals surface area (Å²) < 4.78 is 17.3. The fourth-order valence-electron chi connectivity index (χ4n) is 1.91. The van der Waals surface area contributed by atoms with Crippen molar-refractivity contribution in [1.29, 1.82) is 0 Å². The average molecular weight is 261 g/mol. The number of pyridine rings is 1. The highest BCUT2D eigenvalue weighted by molar-refractivity contribution is 6.63. The molecule has 1 fully saturated rings. The predicted octanol–water partition coefficient (Wildman–Crippen LogP) is 2.03. The second kappa shape index (κ2) is 4.65. The highest BCUT2D eigenvalue weighted by Crippen LogP contribution is 2.37. The van der Waals surface area contributed by atoms with Crippen molar-refractivity contribution in [3.05, 3.63) is 24.4 Å². The molecule has 2 rings (SSSR count). The zero-order valence-electron chi connectivity index (χ0n) is 12.2. The van der Waals surface area contributed by atoms with Crippen LogP contribution in [0.2, 0.25) is 0 Å². The zero-order valence-corrected chi connectivity index (χ0v) is 12.2. The van der Waals surface area contributed by atoms with Crippen LogP contribution < -0.4 is 10.2 Å². The average Bonchev–Trinajstić information content (AvgIpc) is 2.57. The highest BCUT2D eigenvalue weighted by atomic mass is 16.7. The normalized spacial score (nSPS) is 20.4. The lowest BCUT2D eigenvalue weighted by molar-refractivity contribution is 0.00578. The number of aromatic nitrogens is 1. The van der Waals surface area contributed by atoms with E-state index in [1.807, 2.05) is 33.8 Å². The SMILES string of the molecule is C=Cc1cnc(OC)c(B2OC(C)(C)C(C)(C)O2)c1. The molecule has 5 heteroatoms. The maximum atomic E-state index is 6.02. The fourth-order valence-corrected chi connectivity index (χ4v) is 1.91. The van der Waals surface area contributed by atoms with E-state index in [1.165, 1.54) is 0 Å². The summed E-state index contributed by atoms with van der Waals surface area (Å²) >= 11 is 0. The summed E-state index contributed by atoms with van der Waals surface area (Å²) in [6, 6.07) is 1.93. The molecule has 0 unspecified atom stereocenters. The van der Waals surface area contributed by atoms with E-state index in [4.69, 9.17) is 14.0 Å². The maximum Gasteiger partial charge on any atom is 0.500 e. The Bertz CT molecular complexity index is 483. The van der Waals surface area contributed by atoms with Gasteiger partial charge in [-0.3, -0.25) is 0 Å². The van der Waals surface area contributed by atoms with Gasteiger partial charge in [0.2, 0.25) is 5.88 Å². The Morgan fingerprint density at radius 2 is 1.84 bits per heavy atom. The van der Waals surface area contributed by atoms with Gasteiger partial charge >= 0.3 is 7.12 Å². The number of rotatable bonds is 3. The Morgan fingerprint density at radius 1 is 1.26 bits per heavy atom. The molecular weight excluding hydrogens is 241 g/mol. The predicted molar refractivity (Wildman–Crippen MR) is 76.6 cm³/mol. The summed E-state index contributed by atoms with van der Waals surface area (Å²) in [5.41, 5.74) is 0.934. The minimum absolute atomic E-state index is 0.382. The summed E-state index contributed by atoms with van der Waals surface area (Å²) in [7, 11) is 1.11. The molecule has 0 spiro atoms. The van der Waals surface area contributed by atoms with E-state index in [-0.39, 0.29) is 11.2 Å². The standard InChI is InChI=1S/C14H20BNO3/c1-7-10-8-11(12(17-6)16-9-10)15-18-13(2,3)14(4,5)19-15/h7-9H,1H2,2-6H3. The summed E-state index contributed by atoms with van der Waals surface area (Å²) in [4.78, 5) is 4.25. The first-order valence-corrected chi connectivity index (χ1v) is 6.33. The molecular formula is C14H20BNO3. The monoisotopic (exact) mass is 261 g/mol. The highest BCUT2D eigenvalue weighted by Gasteiger charge is 2.52. The van der Waals surface area contributed by atoms with Crippen molar-refractivity contribution in [3.8, 4) is 5.88 Å². The quantitative estimate of drug-likeness (QED) is 0.780. The molecule has 102 valence electrons. The second-order valence-corrected chi connectivity index (χ2v) is 5.66. The van der Waals surface area contributed by atoms with Crippen LogP contribution in [0.5, 0.6) is 5.88 Å². The fraction of sp³-hybridized carbons (Fsp3) is 0.500. The number of hydrogen-bond acceptors (Lipinski definition) is 4. The Kier molecular flexibility index (Phi) is 3.45. The lowest BCUT2D eigenvalue weighted by Gasteiger charge is -2.32. The molecule has 0 atom stereocenters. The van der Waals surface area contributed by atoms with Gasteiger partial charge in [-0.15, -0.1) is 0 Å². The van der Waals surface area contributed by atoms with Gasteiger partial charge in [0.15, 0.2) is 0 Å². The molecule has 1 saturated heterocycles. The van der Waals surface area contributed by atoms with Gasteiger partial charge in [-0.25, -0.2) is 4.98 Å². The van der Waals surface area contributed by atoms with Gasteiger partial charge in [-0.1, -0.05) is 12.7 Å². The van der Waals surface area contributed by atoms with Gasteiger partial charge in [0, 0.05) is 11.7 Å². The topological polar surface area (TPSA) is 40.6 Å². The molecule has 0 aromatic carbocycles. The van der Waals surface area contributed by atoms with Gasteiger partial charge in [0.05, 0.1) is 18.3 Å². The third-order valence-corrected chi connectivity index (χ3v) is 3.84. The molecule has 0 aliphatic carbocycles. The van der Waals surface area contributed by atoms with Gasteiger partial charge in [-0.05, 0) is 39.3 Å². The Morgan fingerprint density at radius 3 is 2.32 bits per heavy atom. The molecule has 1 aromatic heterocycles. The lowest BCUT2D eigenvalue weighted by Crippen LogP contribution is -2.41. The molecule has 0 amide bonds. The molecule has 1 aromatic rings. The third kappa shape index (κ3) is 2.40. The van der Waals surface area contributed by atoms with Crippen molar-refractivity contribution < 1.29 is 14.0 Å². The molecule has 0 saturated carbocycles. The summed E-state index contributed by atoms with van der Waals surface area (Å²) in [6.07, 6.45) is 3.45. The van der Waals surface area contributed by atoms with E-state index in [0.717, 1.165) is 11.0 Å². The van der Waals surface area contributed by atoms with Crippen LogP contribution >= 0.6 is 0 Å². The van der Waals surface area contributed by atoms with Gasteiger partial charge in [0.1, 0.15) is 0 Å². The molecule has 0 bridgehead atoms. The number of hydrogen-bond donors (Lipinski definition) is 0. The van der Waals surface area contributed by atoms with E-state index < -0.39 is 7.12 Å². The first-order chi connectivity index (χ1) is 8.80. The van der Waals surface area contributed by atoms with Gasteiger partial charge < -0.3 is 14.0 Å². The number of nitrogens with zero attached hydrogens (tertiary/aromatic N) is 1. The van der Waals surface area contributed by atoms with Crippen molar-refractivity contribution in [3.63, 3.8) is 0 Å². The third-order valence-electron chi connectivity index (χ3n) is 3.84. The van der Waals surface area contributed by atoms with E-state index in [9.17, 15) is 0 Å². The molecule has 19 heavy (non-hydrogen) atoms.